The molecule has 7 heteroatoms. The molecular formula is C20H20N6O. The van der Waals surface area contributed by atoms with Gasteiger partial charge in [0.2, 0.25) is 5.95 Å². The quantitative estimate of drug-likeness (QED) is 0.776. The Balaban J connectivity index is 1.97. The van der Waals surface area contributed by atoms with E-state index in [0.717, 1.165) is 11.3 Å². The number of hydrogen-bond donors (Lipinski definition) is 1. The number of nitrogen functional groups attached to an aromatic ring is 1. The zero-order chi connectivity index (χ0) is 19.1. The van der Waals surface area contributed by atoms with Crippen LogP contribution < -0.4 is 5.73 Å². The van der Waals surface area contributed by atoms with Gasteiger partial charge in [-0.3, -0.25) is 9.48 Å². The van der Waals surface area contributed by atoms with Gasteiger partial charge in [-0.25, -0.2) is 9.97 Å². The summed E-state index contributed by atoms with van der Waals surface area (Å²) < 4.78 is 1.67. The largest absolute Gasteiger partial charge is 0.368 e. The average Bonchev–Trinajstić information content (AvgIpc) is 3.17. The van der Waals surface area contributed by atoms with Gasteiger partial charge in [0.1, 0.15) is 17.1 Å². The van der Waals surface area contributed by atoms with Gasteiger partial charge in [0.25, 0.3) is 5.91 Å². The van der Waals surface area contributed by atoms with Crippen LogP contribution in [0.15, 0.2) is 42.6 Å². The summed E-state index contributed by atoms with van der Waals surface area (Å²) in [6, 6.07) is 11.6. The summed E-state index contributed by atoms with van der Waals surface area (Å²) in [6.45, 7) is 3.94. The van der Waals surface area contributed by atoms with E-state index in [2.05, 4.69) is 15.1 Å². The number of aromatic nitrogens is 4. The maximum absolute atomic E-state index is 13.3. The van der Waals surface area contributed by atoms with Crippen molar-refractivity contribution < 1.29 is 4.79 Å². The Morgan fingerprint density at radius 3 is 2.41 bits per heavy atom. The number of benzene rings is 1. The minimum Gasteiger partial charge on any atom is -0.368 e. The van der Waals surface area contributed by atoms with Gasteiger partial charge in [0, 0.05) is 19.3 Å². The molecule has 0 saturated heterocycles. The third-order valence-electron chi connectivity index (χ3n) is 4.44. The monoisotopic (exact) mass is 360 g/mol. The fraction of sp³-hybridized carbons (Fsp3) is 0.200. The number of fused-ring (bicyclic) bond motifs is 1. The van der Waals surface area contributed by atoms with E-state index < -0.39 is 0 Å². The van der Waals surface area contributed by atoms with Crippen molar-refractivity contribution >= 4 is 23.6 Å². The van der Waals surface area contributed by atoms with Gasteiger partial charge in [-0.15, -0.1) is 0 Å². The van der Waals surface area contributed by atoms with E-state index in [1.165, 1.54) is 0 Å². The van der Waals surface area contributed by atoms with E-state index in [1.54, 1.807) is 15.8 Å². The number of nitrogens with zero attached hydrogens (tertiary/aromatic N) is 5. The minimum absolute atomic E-state index is 0.0422. The topological polar surface area (TPSA) is 89.9 Å². The van der Waals surface area contributed by atoms with Crippen molar-refractivity contribution in [2.75, 3.05) is 5.73 Å². The molecule has 1 aliphatic rings. The van der Waals surface area contributed by atoms with E-state index in [1.807, 2.05) is 63.4 Å². The van der Waals surface area contributed by atoms with Crippen LogP contribution in [-0.4, -0.2) is 36.6 Å². The summed E-state index contributed by atoms with van der Waals surface area (Å²) in [4.78, 5) is 23.8. The van der Waals surface area contributed by atoms with E-state index in [-0.39, 0.29) is 17.9 Å². The number of carbonyl (C=O) groups is 1. The first-order valence-corrected chi connectivity index (χ1v) is 8.74. The normalized spacial score (nSPS) is 15.0. The van der Waals surface area contributed by atoms with Crippen molar-refractivity contribution in [2.45, 2.75) is 19.9 Å². The predicted molar refractivity (Wildman–Crippen MR) is 104 cm³/mol. The fourth-order valence-electron chi connectivity index (χ4n) is 3.29. The molecule has 27 heavy (non-hydrogen) atoms. The summed E-state index contributed by atoms with van der Waals surface area (Å²) in [5.41, 5.74) is 9.74. The van der Waals surface area contributed by atoms with Crippen LogP contribution in [-0.2, 0) is 7.05 Å². The number of aryl methyl sites for hydroxylation is 1. The highest BCUT2D eigenvalue weighted by Crippen LogP contribution is 2.38. The second-order valence-corrected chi connectivity index (χ2v) is 6.74. The van der Waals surface area contributed by atoms with Crippen molar-refractivity contribution in [1.82, 2.24) is 24.6 Å². The Labute approximate surface area is 157 Å². The summed E-state index contributed by atoms with van der Waals surface area (Å²) in [5, 5.41) is 4.39. The van der Waals surface area contributed by atoms with E-state index in [0.29, 0.717) is 22.6 Å². The molecule has 3 heterocycles. The number of nitrogens with two attached hydrogens (primary N) is 1. The van der Waals surface area contributed by atoms with Gasteiger partial charge >= 0.3 is 0 Å². The third kappa shape index (κ3) is 2.87. The first kappa shape index (κ1) is 17.0. The van der Waals surface area contributed by atoms with Crippen molar-refractivity contribution in [3.8, 4) is 11.4 Å². The van der Waals surface area contributed by atoms with Crippen LogP contribution in [0.1, 0.15) is 35.5 Å². The Morgan fingerprint density at radius 1 is 1.07 bits per heavy atom. The Morgan fingerprint density at radius 2 is 1.78 bits per heavy atom. The molecule has 1 amide bonds. The molecule has 136 valence electrons. The molecule has 4 rings (SSSR count). The lowest BCUT2D eigenvalue weighted by Gasteiger charge is -2.22. The molecule has 3 aromatic rings. The average molecular weight is 360 g/mol. The lowest BCUT2D eigenvalue weighted by molar-refractivity contribution is 0.0822. The Hall–Kier alpha value is -3.48. The second kappa shape index (κ2) is 6.35. The van der Waals surface area contributed by atoms with Gasteiger partial charge in [-0.1, -0.05) is 30.3 Å². The molecule has 1 aliphatic heterocycles. The molecule has 7 nitrogen and oxygen atoms in total. The molecule has 2 aromatic heterocycles. The van der Waals surface area contributed by atoms with Crippen LogP contribution in [0.25, 0.3) is 23.2 Å². The number of amides is 1. The molecule has 0 aliphatic carbocycles. The zero-order valence-electron chi connectivity index (χ0n) is 15.4. The predicted octanol–water partition coefficient (Wildman–Crippen LogP) is 2.82. The molecule has 0 saturated carbocycles. The highest BCUT2D eigenvalue weighted by Gasteiger charge is 2.39. The van der Waals surface area contributed by atoms with Crippen molar-refractivity contribution in [1.29, 1.82) is 0 Å². The first-order chi connectivity index (χ1) is 13.0. The minimum atomic E-state index is -0.136. The van der Waals surface area contributed by atoms with E-state index in [9.17, 15) is 4.79 Å². The first-order valence-electron chi connectivity index (χ1n) is 8.74. The SMILES string of the molecule is CC(C)N1C(=O)c2c(nc(N)nc2-c2ccn(C)n2)C1=Cc1ccccc1. The molecular weight excluding hydrogens is 340 g/mol. The van der Waals surface area contributed by atoms with Crippen LogP contribution >= 0.6 is 0 Å². The third-order valence-corrected chi connectivity index (χ3v) is 4.44. The number of carbonyl (C=O) groups excluding carboxylic acids is 1. The Kier molecular flexibility index (Phi) is 3.99. The number of hydrogen-bond acceptors (Lipinski definition) is 5. The molecule has 2 N–H and O–H groups in total. The van der Waals surface area contributed by atoms with Crippen molar-refractivity contribution in [2.24, 2.45) is 7.05 Å². The van der Waals surface area contributed by atoms with Gasteiger partial charge in [0.15, 0.2) is 0 Å². The maximum atomic E-state index is 13.3. The molecule has 0 unspecified atom stereocenters. The molecule has 0 bridgehead atoms. The number of anilines is 1. The van der Waals surface area contributed by atoms with Gasteiger partial charge in [-0.2, -0.15) is 5.10 Å². The summed E-state index contributed by atoms with van der Waals surface area (Å²) >= 11 is 0. The standard InChI is InChI=1S/C20H20N6O/c1-12(2)26-15(11-13-7-5-4-6-8-13)18-16(19(26)27)17(22-20(21)23-18)14-9-10-25(3)24-14/h4-12H,1-3H3,(H2,21,22,23). The smallest absolute Gasteiger partial charge is 0.263 e. The van der Waals surface area contributed by atoms with Crippen LogP contribution in [0, 0.1) is 0 Å². The summed E-state index contributed by atoms with van der Waals surface area (Å²) in [6.07, 6.45) is 3.76. The van der Waals surface area contributed by atoms with Gasteiger partial charge in [0.05, 0.1) is 11.3 Å². The highest BCUT2D eigenvalue weighted by atomic mass is 16.2. The highest BCUT2D eigenvalue weighted by molar-refractivity contribution is 6.14. The zero-order valence-corrected chi connectivity index (χ0v) is 15.4. The molecule has 0 radical (unpaired) electrons. The second-order valence-electron chi connectivity index (χ2n) is 6.74. The van der Waals surface area contributed by atoms with Gasteiger partial charge in [-0.05, 0) is 31.6 Å². The molecule has 0 fully saturated rings. The molecule has 0 spiro atoms. The van der Waals surface area contributed by atoms with Gasteiger partial charge < -0.3 is 10.6 Å². The van der Waals surface area contributed by atoms with Crippen molar-refractivity contribution in [3.05, 3.63) is 59.4 Å². The Bertz CT molecular complexity index is 1050. The van der Waals surface area contributed by atoms with Crippen LogP contribution in [0.4, 0.5) is 5.95 Å². The summed E-state index contributed by atoms with van der Waals surface area (Å²) in [5.74, 6) is -0.0189. The molecule has 1 aromatic carbocycles. The lowest BCUT2D eigenvalue weighted by Crippen LogP contribution is -2.30. The fourth-order valence-corrected chi connectivity index (χ4v) is 3.29. The van der Waals surface area contributed by atoms with E-state index in [4.69, 9.17) is 5.73 Å². The molecule has 0 atom stereocenters. The number of rotatable bonds is 3. The maximum Gasteiger partial charge on any atom is 0.263 e. The van der Waals surface area contributed by atoms with Crippen LogP contribution in [0.2, 0.25) is 0 Å². The van der Waals surface area contributed by atoms with Crippen molar-refractivity contribution in [3.63, 3.8) is 0 Å². The summed E-state index contributed by atoms with van der Waals surface area (Å²) in [7, 11) is 1.82. The van der Waals surface area contributed by atoms with Crippen LogP contribution in [0.5, 0.6) is 0 Å². The van der Waals surface area contributed by atoms with Crippen LogP contribution in [0.3, 0.4) is 0 Å². The van der Waals surface area contributed by atoms with E-state index >= 15 is 0 Å². The lowest BCUT2D eigenvalue weighted by atomic mass is 10.1.